The first-order chi connectivity index (χ1) is 16.4. The zero-order chi connectivity index (χ0) is 24.5. The standard InChI is InChI=1S/C29H36N2O3/c1-21-11-14-24(15-12-21)17-18-31(26-16-13-22(2)23(3)19-26)29(32)28(25-9-7-6-8-10-25)30-20-27(33-4)34-5/h6-16,19,27-28,30H,17-18,20H2,1-5H3. The average molecular weight is 461 g/mol. The second kappa shape index (κ2) is 12.5. The number of amides is 1. The molecule has 34 heavy (non-hydrogen) atoms. The summed E-state index contributed by atoms with van der Waals surface area (Å²) in [6, 6.07) is 24.0. The van der Waals surface area contributed by atoms with Crippen LogP contribution in [0.3, 0.4) is 0 Å². The lowest BCUT2D eigenvalue weighted by molar-refractivity contribution is -0.122. The van der Waals surface area contributed by atoms with Crippen LogP contribution < -0.4 is 10.2 Å². The van der Waals surface area contributed by atoms with Gasteiger partial charge < -0.3 is 14.4 Å². The monoisotopic (exact) mass is 460 g/mol. The van der Waals surface area contributed by atoms with Crippen molar-refractivity contribution in [1.82, 2.24) is 5.32 Å². The Balaban J connectivity index is 1.93. The van der Waals surface area contributed by atoms with E-state index in [1.165, 1.54) is 16.7 Å². The van der Waals surface area contributed by atoms with Crippen molar-refractivity contribution >= 4 is 11.6 Å². The van der Waals surface area contributed by atoms with Crippen LogP contribution in [0.5, 0.6) is 0 Å². The Bertz CT molecular complexity index is 1050. The molecule has 0 radical (unpaired) electrons. The smallest absolute Gasteiger partial charge is 0.248 e. The highest BCUT2D eigenvalue weighted by Gasteiger charge is 2.27. The third-order valence-electron chi connectivity index (χ3n) is 6.21. The maximum Gasteiger partial charge on any atom is 0.248 e. The van der Waals surface area contributed by atoms with Crippen molar-refractivity contribution < 1.29 is 14.3 Å². The van der Waals surface area contributed by atoms with Crippen LogP contribution in [0.4, 0.5) is 5.69 Å². The van der Waals surface area contributed by atoms with E-state index < -0.39 is 12.3 Å². The van der Waals surface area contributed by atoms with Gasteiger partial charge in [-0.3, -0.25) is 10.1 Å². The molecule has 3 aromatic rings. The molecule has 180 valence electrons. The van der Waals surface area contributed by atoms with Crippen molar-refractivity contribution in [3.8, 4) is 0 Å². The molecule has 3 aromatic carbocycles. The molecule has 3 rings (SSSR count). The number of hydrogen-bond acceptors (Lipinski definition) is 4. The number of aryl methyl sites for hydroxylation is 3. The minimum Gasteiger partial charge on any atom is -0.355 e. The van der Waals surface area contributed by atoms with Crippen molar-refractivity contribution in [1.29, 1.82) is 0 Å². The Morgan fingerprint density at radius 3 is 2.18 bits per heavy atom. The number of hydrogen-bond donors (Lipinski definition) is 1. The summed E-state index contributed by atoms with van der Waals surface area (Å²) in [4.78, 5) is 16.0. The fourth-order valence-corrected chi connectivity index (χ4v) is 3.88. The molecule has 0 saturated heterocycles. The van der Waals surface area contributed by atoms with E-state index in [1.807, 2.05) is 41.3 Å². The quantitative estimate of drug-likeness (QED) is 0.403. The molecule has 1 amide bonds. The van der Waals surface area contributed by atoms with Gasteiger partial charge in [0, 0.05) is 33.0 Å². The summed E-state index contributed by atoms with van der Waals surface area (Å²) >= 11 is 0. The molecule has 1 atom stereocenters. The second-order valence-electron chi connectivity index (χ2n) is 8.65. The highest BCUT2D eigenvalue weighted by Crippen LogP contribution is 2.24. The normalized spacial score (nSPS) is 12.1. The van der Waals surface area contributed by atoms with Gasteiger partial charge in [0.15, 0.2) is 6.29 Å². The van der Waals surface area contributed by atoms with Crippen molar-refractivity contribution in [2.24, 2.45) is 0 Å². The zero-order valence-electron chi connectivity index (χ0n) is 20.9. The highest BCUT2D eigenvalue weighted by molar-refractivity contribution is 5.98. The van der Waals surface area contributed by atoms with Crippen molar-refractivity contribution in [2.45, 2.75) is 39.5 Å². The molecule has 0 bridgehead atoms. The van der Waals surface area contributed by atoms with Crippen LogP contribution in [0, 0.1) is 20.8 Å². The Labute approximate surface area is 203 Å². The molecular weight excluding hydrogens is 424 g/mol. The molecule has 5 nitrogen and oxygen atoms in total. The van der Waals surface area contributed by atoms with E-state index in [-0.39, 0.29) is 5.91 Å². The predicted octanol–water partition coefficient (Wildman–Crippen LogP) is 5.14. The largest absolute Gasteiger partial charge is 0.355 e. The maximum atomic E-state index is 14.1. The van der Waals surface area contributed by atoms with E-state index >= 15 is 0 Å². The summed E-state index contributed by atoms with van der Waals surface area (Å²) in [7, 11) is 3.19. The molecule has 0 heterocycles. The van der Waals surface area contributed by atoms with Gasteiger partial charge in [0.1, 0.15) is 6.04 Å². The van der Waals surface area contributed by atoms with Crippen LogP contribution >= 0.6 is 0 Å². The topological polar surface area (TPSA) is 50.8 Å². The van der Waals surface area contributed by atoms with Crippen LogP contribution in [0.15, 0.2) is 72.8 Å². The third-order valence-corrected chi connectivity index (χ3v) is 6.21. The Kier molecular flexibility index (Phi) is 9.40. The molecule has 0 spiro atoms. The number of carbonyl (C=O) groups is 1. The lowest BCUT2D eigenvalue weighted by atomic mass is 10.0. The molecule has 0 aromatic heterocycles. The molecular formula is C29H36N2O3. The Morgan fingerprint density at radius 2 is 1.56 bits per heavy atom. The molecule has 0 saturated carbocycles. The van der Waals surface area contributed by atoms with Crippen LogP contribution in [-0.4, -0.2) is 39.5 Å². The van der Waals surface area contributed by atoms with Gasteiger partial charge in [-0.05, 0) is 61.6 Å². The summed E-state index contributed by atoms with van der Waals surface area (Å²) in [5.41, 5.74) is 6.60. The first-order valence-corrected chi connectivity index (χ1v) is 11.7. The van der Waals surface area contributed by atoms with Crippen molar-refractivity contribution in [2.75, 3.05) is 32.2 Å². The van der Waals surface area contributed by atoms with Crippen LogP contribution in [0.25, 0.3) is 0 Å². The third kappa shape index (κ3) is 6.76. The van der Waals surface area contributed by atoms with Crippen molar-refractivity contribution in [3.05, 3.63) is 101 Å². The maximum absolute atomic E-state index is 14.1. The predicted molar refractivity (Wildman–Crippen MR) is 138 cm³/mol. The molecule has 1 unspecified atom stereocenters. The van der Waals surface area contributed by atoms with Gasteiger partial charge in [-0.1, -0.05) is 66.2 Å². The molecule has 0 aliphatic carbocycles. The van der Waals surface area contributed by atoms with Gasteiger partial charge in [-0.25, -0.2) is 0 Å². The first kappa shape index (κ1) is 25.6. The van der Waals surface area contributed by atoms with E-state index in [9.17, 15) is 4.79 Å². The number of rotatable bonds is 11. The Morgan fingerprint density at radius 1 is 0.882 bits per heavy atom. The fraction of sp³-hybridized carbons (Fsp3) is 0.345. The number of methoxy groups -OCH3 is 2. The Hall–Kier alpha value is -2.99. The molecule has 0 fully saturated rings. The first-order valence-electron chi connectivity index (χ1n) is 11.7. The number of nitrogens with one attached hydrogen (secondary N) is 1. The van der Waals surface area contributed by atoms with E-state index in [1.54, 1.807) is 14.2 Å². The SMILES string of the molecule is COC(CNC(C(=O)N(CCc1ccc(C)cc1)c1ccc(C)c(C)c1)c1ccccc1)OC. The summed E-state index contributed by atoms with van der Waals surface area (Å²) in [6.07, 6.45) is 0.320. The molecule has 5 heteroatoms. The molecule has 1 N–H and O–H groups in total. The molecule has 0 aliphatic rings. The number of benzene rings is 3. The van der Waals surface area contributed by atoms with Gasteiger partial charge in [-0.15, -0.1) is 0 Å². The number of carbonyl (C=O) groups excluding carboxylic acids is 1. The summed E-state index contributed by atoms with van der Waals surface area (Å²) in [5.74, 6) is -0.00693. The number of nitrogens with zero attached hydrogens (tertiary/aromatic N) is 1. The van der Waals surface area contributed by atoms with E-state index in [0.29, 0.717) is 13.1 Å². The molecule has 0 aliphatic heterocycles. The number of anilines is 1. The fourth-order valence-electron chi connectivity index (χ4n) is 3.88. The van der Waals surface area contributed by atoms with Gasteiger partial charge in [0.05, 0.1) is 0 Å². The average Bonchev–Trinajstić information content (AvgIpc) is 2.85. The van der Waals surface area contributed by atoms with Crippen LogP contribution in [0.2, 0.25) is 0 Å². The van der Waals surface area contributed by atoms with Gasteiger partial charge in [-0.2, -0.15) is 0 Å². The zero-order valence-corrected chi connectivity index (χ0v) is 20.9. The van der Waals surface area contributed by atoms with Crippen molar-refractivity contribution in [3.63, 3.8) is 0 Å². The second-order valence-corrected chi connectivity index (χ2v) is 8.65. The van der Waals surface area contributed by atoms with Gasteiger partial charge in [0.2, 0.25) is 5.91 Å². The summed E-state index contributed by atoms with van der Waals surface area (Å²) in [5, 5.41) is 3.38. The lowest BCUT2D eigenvalue weighted by Crippen LogP contribution is -2.44. The van der Waals surface area contributed by atoms with E-state index in [4.69, 9.17) is 9.47 Å². The van der Waals surface area contributed by atoms with E-state index in [2.05, 4.69) is 62.5 Å². The number of ether oxygens (including phenoxy) is 2. The van der Waals surface area contributed by atoms with Crippen LogP contribution in [-0.2, 0) is 20.7 Å². The van der Waals surface area contributed by atoms with E-state index in [0.717, 1.165) is 23.2 Å². The van der Waals surface area contributed by atoms with Gasteiger partial charge >= 0.3 is 0 Å². The van der Waals surface area contributed by atoms with Crippen LogP contribution in [0.1, 0.15) is 33.9 Å². The van der Waals surface area contributed by atoms with Gasteiger partial charge in [0.25, 0.3) is 0 Å². The lowest BCUT2D eigenvalue weighted by Gasteiger charge is -2.30. The highest BCUT2D eigenvalue weighted by atomic mass is 16.7. The minimum atomic E-state index is -0.534. The minimum absolute atomic E-state index is 0.00693. The summed E-state index contributed by atoms with van der Waals surface area (Å²) < 4.78 is 10.7. The summed E-state index contributed by atoms with van der Waals surface area (Å²) in [6.45, 7) is 7.21.